The lowest BCUT2D eigenvalue weighted by Crippen LogP contribution is -2.41. The predicted molar refractivity (Wildman–Crippen MR) is 70.6 cm³/mol. The highest BCUT2D eigenvalue weighted by Gasteiger charge is 2.22. The Morgan fingerprint density at radius 2 is 2.25 bits per heavy atom. The SMILES string of the molecule is CCC1CN(C(=O)CCCCCN)CCS1. The minimum absolute atomic E-state index is 0.343. The summed E-state index contributed by atoms with van der Waals surface area (Å²) < 4.78 is 0. The molecule has 0 saturated carbocycles. The van der Waals surface area contributed by atoms with Crippen molar-refractivity contribution in [1.29, 1.82) is 0 Å². The third-order valence-electron chi connectivity index (χ3n) is 3.04. The van der Waals surface area contributed by atoms with Gasteiger partial charge in [-0.25, -0.2) is 0 Å². The van der Waals surface area contributed by atoms with Gasteiger partial charge < -0.3 is 10.6 Å². The minimum atomic E-state index is 0.343. The Bertz CT molecular complexity index is 211. The molecule has 0 bridgehead atoms. The largest absolute Gasteiger partial charge is 0.341 e. The fraction of sp³-hybridized carbons (Fsp3) is 0.917. The van der Waals surface area contributed by atoms with Gasteiger partial charge >= 0.3 is 0 Å². The molecule has 4 heteroatoms. The van der Waals surface area contributed by atoms with Crippen LogP contribution in [0.25, 0.3) is 0 Å². The lowest BCUT2D eigenvalue weighted by Gasteiger charge is -2.32. The van der Waals surface area contributed by atoms with Gasteiger partial charge in [0.15, 0.2) is 0 Å². The molecular weight excluding hydrogens is 220 g/mol. The van der Waals surface area contributed by atoms with E-state index in [1.165, 1.54) is 6.42 Å². The molecule has 1 unspecified atom stereocenters. The zero-order chi connectivity index (χ0) is 11.8. The molecule has 0 aliphatic carbocycles. The molecule has 1 heterocycles. The number of nitrogens with zero attached hydrogens (tertiary/aromatic N) is 1. The van der Waals surface area contributed by atoms with Crippen LogP contribution >= 0.6 is 11.8 Å². The summed E-state index contributed by atoms with van der Waals surface area (Å²) in [6, 6.07) is 0. The van der Waals surface area contributed by atoms with Crippen molar-refractivity contribution in [3.8, 4) is 0 Å². The maximum Gasteiger partial charge on any atom is 0.222 e. The number of rotatable bonds is 6. The molecule has 2 N–H and O–H groups in total. The monoisotopic (exact) mass is 244 g/mol. The van der Waals surface area contributed by atoms with Crippen LogP contribution in [0.15, 0.2) is 0 Å². The number of nitrogens with two attached hydrogens (primary N) is 1. The van der Waals surface area contributed by atoms with Crippen LogP contribution in [0, 0.1) is 0 Å². The zero-order valence-electron chi connectivity index (χ0n) is 10.3. The van der Waals surface area contributed by atoms with E-state index in [0.29, 0.717) is 17.6 Å². The van der Waals surface area contributed by atoms with Gasteiger partial charge in [-0.05, 0) is 25.8 Å². The summed E-state index contributed by atoms with van der Waals surface area (Å²) >= 11 is 2.01. The second kappa shape index (κ2) is 7.96. The van der Waals surface area contributed by atoms with Crippen molar-refractivity contribution in [3.63, 3.8) is 0 Å². The van der Waals surface area contributed by atoms with E-state index >= 15 is 0 Å². The van der Waals surface area contributed by atoms with Gasteiger partial charge in [0, 0.05) is 30.5 Å². The molecule has 0 radical (unpaired) electrons. The first kappa shape index (κ1) is 13.8. The molecule has 0 aromatic heterocycles. The molecule has 1 saturated heterocycles. The number of amides is 1. The third-order valence-corrected chi connectivity index (χ3v) is 4.41. The normalized spacial score (nSPS) is 21.1. The molecule has 1 atom stereocenters. The van der Waals surface area contributed by atoms with Gasteiger partial charge in [0.2, 0.25) is 5.91 Å². The maximum atomic E-state index is 11.9. The van der Waals surface area contributed by atoms with Gasteiger partial charge in [-0.3, -0.25) is 4.79 Å². The molecule has 1 fully saturated rings. The topological polar surface area (TPSA) is 46.3 Å². The second-order valence-electron chi connectivity index (χ2n) is 4.34. The number of hydrogen-bond donors (Lipinski definition) is 1. The van der Waals surface area contributed by atoms with Crippen molar-refractivity contribution < 1.29 is 4.79 Å². The van der Waals surface area contributed by atoms with Gasteiger partial charge in [0.1, 0.15) is 0 Å². The van der Waals surface area contributed by atoms with Crippen LogP contribution in [-0.4, -0.2) is 41.4 Å². The Balaban J connectivity index is 2.19. The predicted octanol–water partition coefficient (Wildman–Crippen LogP) is 1.86. The van der Waals surface area contributed by atoms with Crippen LogP contribution in [0.1, 0.15) is 39.0 Å². The van der Waals surface area contributed by atoms with Crippen LogP contribution in [-0.2, 0) is 4.79 Å². The highest BCUT2D eigenvalue weighted by atomic mass is 32.2. The number of carbonyl (C=O) groups excluding carboxylic acids is 1. The summed E-state index contributed by atoms with van der Waals surface area (Å²) in [6.07, 6.45) is 5.00. The molecule has 1 rings (SSSR count). The highest BCUT2D eigenvalue weighted by molar-refractivity contribution is 8.00. The van der Waals surface area contributed by atoms with Crippen molar-refractivity contribution in [2.75, 3.05) is 25.4 Å². The summed E-state index contributed by atoms with van der Waals surface area (Å²) in [5, 5.41) is 0.654. The van der Waals surface area contributed by atoms with Crippen molar-refractivity contribution in [2.45, 2.75) is 44.3 Å². The van der Waals surface area contributed by atoms with Crippen LogP contribution in [0.5, 0.6) is 0 Å². The summed E-state index contributed by atoms with van der Waals surface area (Å²) in [4.78, 5) is 14.0. The van der Waals surface area contributed by atoms with Crippen LogP contribution < -0.4 is 5.73 Å². The van der Waals surface area contributed by atoms with Crippen LogP contribution in [0.2, 0.25) is 0 Å². The highest BCUT2D eigenvalue weighted by Crippen LogP contribution is 2.21. The van der Waals surface area contributed by atoms with E-state index in [9.17, 15) is 4.79 Å². The van der Waals surface area contributed by atoms with Crippen molar-refractivity contribution >= 4 is 17.7 Å². The first-order valence-electron chi connectivity index (χ1n) is 6.37. The lowest BCUT2D eigenvalue weighted by atomic mass is 10.1. The average Bonchev–Trinajstić information content (AvgIpc) is 2.34. The quantitative estimate of drug-likeness (QED) is 0.725. The Hall–Kier alpha value is -0.220. The van der Waals surface area contributed by atoms with Gasteiger partial charge in [-0.1, -0.05) is 13.3 Å². The van der Waals surface area contributed by atoms with Gasteiger partial charge in [-0.2, -0.15) is 11.8 Å². The van der Waals surface area contributed by atoms with E-state index in [1.54, 1.807) is 0 Å². The Morgan fingerprint density at radius 3 is 2.94 bits per heavy atom. The standard InChI is InChI=1S/C12H24N2OS/c1-2-11-10-14(8-9-16-11)12(15)6-4-3-5-7-13/h11H,2-10,13H2,1H3. The fourth-order valence-corrected chi connectivity index (χ4v) is 3.13. The second-order valence-corrected chi connectivity index (χ2v) is 5.75. The lowest BCUT2D eigenvalue weighted by molar-refractivity contribution is -0.131. The Labute approximate surface area is 103 Å². The van der Waals surface area contributed by atoms with Crippen molar-refractivity contribution in [3.05, 3.63) is 0 Å². The first-order chi connectivity index (χ1) is 7.77. The van der Waals surface area contributed by atoms with Crippen molar-refractivity contribution in [2.24, 2.45) is 5.73 Å². The van der Waals surface area contributed by atoms with Crippen molar-refractivity contribution in [1.82, 2.24) is 4.90 Å². The number of hydrogen-bond acceptors (Lipinski definition) is 3. The molecule has 3 nitrogen and oxygen atoms in total. The molecule has 1 aliphatic heterocycles. The van der Waals surface area contributed by atoms with E-state index in [1.807, 2.05) is 16.7 Å². The minimum Gasteiger partial charge on any atom is -0.341 e. The molecule has 0 spiro atoms. The molecule has 1 amide bonds. The van der Waals surface area contributed by atoms with E-state index in [4.69, 9.17) is 5.73 Å². The summed E-state index contributed by atoms with van der Waals surface area (Å²) in [6.45, 7) is 4.84. The zero-order valence-corrected chi connectivity index (χ0v) is 11.1. The van der Waals surface area contributed by atoms with E-state index in [0.717, 1.165) is 44.6 Å². The van der Waals surface area contributed by atoms with Crippen LogP contribution in [0.4, 0.5) is 0 Å². The third kappa shape index (κ3) is 4.74. The average molecular weight is 244 g/mol. The smallest absolute Gasteiger partial charge is 0.222 e. The number of thioether (sulfide) groups is 1. The van der Waals surface area contributed by atoms with E-state index in [-0.39, 0.29) is 0 Å². The molecule has 1 aliphatic rings. The van der Waals surface area contributed by atoms with Crippen LogP contribution in [0.3, 0.4) is 0 Å². The first-order valence-corrected chi connectivity index (χ1v) is 7.42. The number of unbranched alkanes of at least 4 members (excludes halogenated alkanes) is 2. The summed E-state index contributed by atoms with van der Waals surface area (Å²) in [5.74, 6) is 1.45. The molecule has 16 heavy (non-hydrogen) atoms. The molecule has 0 aromatic carbocycles. The number of carbonyl (C=O) groups is 1. The summed E-state index contributed by atoms with van der Waals surface area (Å²) in [7, 11) is 0. The molecule has 0 aromatic rings. The maximum absolute atomic E-state index is 11.9. The summed E-state index contributed by atoms with van der Waals surface area (Å²) in [5.41, 5.74) is 5.43. The Morgan fingerprint density at radius 1 is 1.44 bits per heavy atom. The molecule has 94 valence electrons. The van der Waals surface area contributed by atoms with E-state index < -0.39 is 0 Å². The molecular formula is C12H24N2OS. The Kier molecular flexibility index (Phi) is 6.88. The van der Waals surface area contributed by atoms with Gasteiger partial charge in [-0.15, -0.1) is 0 Å². The van der Waals surface area contributed by atoms with E-state index in [2.05, 4.69) is 6.92 Å². The van der Waals surface area contributed by atoms with Gasteiger partial charge in [0.25, 0.3) is 0 Å². The van der Waals surface area contributed by atoms with Gasteiger partial charge in [0.05, 0.1) is 0 Å². The fourth-order valence-electron chi connectivity index (χ4n) is 1.95.